The number of carboxylic acid groups (broad SMARTS) is 1. The van der Waals surface area contributed by atoms with E-state index in [-0.39, 0.29) is 43.5 Å². The van der Waals surface area contributed by atoms with Crippen LogP contribution >= 0.6 is 11.8 Å². The Morgan fingerprint density at radius 1 is 0.973 bits per heavy atom. The third kappa shape index (κ3) is 7.36. The second-order valence-corrected chi connectivity index (χ2v) is 9.72. The molecule has 0 unspecified atom stereocenters. The number of hydrogen-bond acceptors (Lipinski definition) is 8. The molecule has 4 rings (SSSR count). The third-order valence-electron chi connectivity index (χ3n) is 6.07. The number of aliphatic hydroxyl groups excluding tert-OH is 1. The maximum absolute atomic E-state index is 12.0. The second-order valence-electron chi connectivity index (χ2n) is 8.73. The lowest BCUT2D eigenvalue weighted by molar-refractivity contribution is -0.268. The van der Waals surface area contributed by atoms with Crippen LogP contribution < -0.4 is 5.32 Å². The molecule has 4 atom stereocenters. The number of amides is 1. The fourth-order valence-corrected chi connectivity index (χ4v) is 4.96. The zero-order valence-electron chi connectivity index (χ0n) is 20.3. The van der Waals surface area contributed by atoms with Crippen molar-refractivity contribution >= 4 is 29.3 Å². The molecule has 2 heterocycles. The molecule has 3 aromatic rings. The largest absolute Gasteiger partial charge is 0.481 e. The van der Waals surface area contributed by atoms with Gasteiger partial charge in [0.25, 0.3) is 0 Å². The van der Waals surface area contributed by atoms with Crippen molar-refractivity contribution in [3.05, 3.63) is 83.7 Å². The van der Waals surface area contributed by atoms with Crippen molar-refractivity contribution in [1.82, 2.24) is 9.97 Å². The fraction of sp³-hybridized carbons (Fsp3) is 0.333. The molecule has 1 aliphatic heterocycles. The zero-order valence-corrected chi connectivity index (χ0v) is 21.1. The zero-order chi connectivity index (χ0) is 26.2. The first-order chi connectivity index (χ1) is 17.9. The number of rotatable bonds is 10. The smallest absolute Gasteiger partial charge is 0.303 e. The van der Waals surface area contributed by atoms with E-state index < -0.39 is 12.3 Å². The van der Waals surface area contributed by atoms with Crippen LogP contribution in [0.15, 0.2) is 72.1 Å². The van der Waals surface area contributed by atoms with Crippen molar-refractivity contribution in [3.8, 4) is 0 Å². The Morgan fingerprint density at radius 2 is 1.65 bits per heavy atom. The van der Waals surface area contributed by atoms with Crippen LogP contribution in [-0.2, 0) is 25.7 Å². The minimum absolute atomic E-state index is 0.0252. The Hall–Kier alpha value is -3.31. The van der Waals surface area contributed by atoms with E-state index in [0.29, 0.717) is 16.6 Å². The number of thioether (sulfide) groups is 1. The lowest BCUT2D eigenvalue weighted by Gasteiger charge is -2.41. The summed E-state index contributed by atoms with van der Waals surface area (Å²) in [6, 6.07) is 16.6. The molecule has 0 radical (unpaired) electrons. The molecule has 0 spiro atoms. The summed E-state index contributed by atoms with van der Waals surface area (Å²) >= 11 is 1.52. The summed E-state index contributed by atoms with van der Waals surface area (Å²) in [6.45, 7) is 2.07. The number of aliphatic hydroxyl groups is 1. The van der Waals surface area contributed by atoms with Gasteiger partial charge < -0.3 is 25.0 Å². The number of nitrogens with zero attached hydrogens (tertiary/aromatic N) is 2. The Labute approximate surface area is 219 Å². The molecule has 0 bridgehead atoms. The third-order valence-corrected chi connectivity index (χ3v) is 7.04. The monoisotopic (exact) mass is 523 g/mol. The maximum atomic E-state index is 12.0. The summed E-state index contributed by atoms with van der Waals surface area (Å²) in [5.41, 5.74) is 3.17. The number of benzene rings is 2. The Balaban J connectivity index is 1.50. The van der Waals surface area contributed by atoms with Gasteiger partial charge in [0.05, 0.1) is 25.2 Å². The number of aromatic nitrogens is 2. The van der Waals surface area contributed by atoms with Gasteiger partial charge in [0, 0.05) is 41.7 Å². The normalized spacial score (nSPS) is 21.4. The number of carboxylic acids is 1. The molecular formula is C27H29N3O6S. The molecule has 1 fully saturated rings. The van der Waals surface area contributed by atoms with Gasteiger partial charge in [0.1, 0.15) is 0 Å². The molecule has 2 aromatic carbocycles. The van der Waals surface area contributed by atoms with E-state index in [9.17, 15) is 14.7 Å². The van der Waals surface area contributed by atoms with E-state index in [0.717, 1.165) is 16.7 Å². The number of ether oxygens (including phenoxy) is 2. The number of aliphatic carboxylic acids is 1. The average Bonchev–Trinajstić information content (AvgIpc) is 2.92. The molecule has 10 heteroatoms. The maximum Gasteiger partial charge on any atom is 0.303 e. The number of hydrogen-bond donors (Lipinski definition) is 3. The molecular weight excluding hydrogens is 494 g/mol. The predicted molar refractivity (Wildman–Crippen MR) is 138 cm³/mol. The van der Waals surface area contributed by atoms with Crippen LogP contribution in [-0.4, -0.2) is 43.9 Å². The lowest BCUT2D eigenvalue weighted by Crippen LogP contribution is -2.38. The van der Waals surface area contributed by atoms with Crippen molar-refractivity contribution in [3.63, 3.8) is 0 Å². The average molecular weight is 524 g/mol. The van der Waals surface area contributed by atoms with Gasteiger partial charge in [-0.2, -0.15) is 0 Å². The molecule has 0 saturated carbocycles. The van der Waals surface area contributed by atoms with Gasteiger partial charge in [-0.3, -0.25) is 9.59 Å². The Morgan fingerprint density at radius 3 is 2.30 bits per heavy atom. The van der Waals surface area contributed by atoms with E-state index in [1.807, 2.05) is 36.4 Å². The molecule has 37 heavy (non-hydrogen) atoms. The summed E-state index contributed by atoms with van der Waals surface area (Å²) in [5.74, 6) is -0.715. The van der Waals surface area contributed by atoms with Crippen molar-refractivity contribution in [1.29, 1.82) is 0 Å². The van der Waals surface area contributed by atoms with Crippen LogP contribution in [0.25, 0.3) is 0 Å². The van der Waals surface area contributed by atoms with Crippen molar-refractivity contribution in [2.45, 2.75) is 50.0 Å². The SMILES string of the molecule is C[C@H]1[C@@H](CSc2ncccn2)O[C@@H](c2ccc(NC(=O)CCC(=O)O)cc2)O[C@H]1c1ccc(CO)cc1. The van der Waals surface area contributed by atoms with Gasteiger partial charge in [-0.15, -0.1) is 0 Å². The van der Waals surface area contributed by atoms with E-state index in [4.69, 9.17) is 14.6 Å². The summed E-state index contributed by atoms with van der Waals surface area (Å²) in [7, 11) is 0. The van der Waals surface area contributed by atoms with E-state index in [2.05, 4.69) is 22.2 Å². The number of carbonyl (C=O) groups is 2. The molecule has 1 aromatic heterocycles. The van der Waals surface area contributed by atoms with Gasteiger partial charge >= 0.3 is 5.97 Å². The molecule has 194 valence electrons. The minimum Gasteiger partial charge on any atom is -0.481 e. The molecule has 3 N–H and O–H groups in total. The second kappa shape index (κ2) is 12.8. The summed E-state index contributed by atoms with van der Waals surface area (Å²) in [6.07, 6.45) is 2.05. The van der Waals surface area contributed by atoms with Crippen LogP contribution in [0.5, 0.6) is 0 Å². The van der Waals surface area contributed by atoms with E-state index in [1.54, 1.807) is 30.6 Å². The number of nitrogens with one attached hydrogen (secondary N) is 1. The van der Waals surface area contributed by atoms with Crippen molar-refractivity contribution < 1.29 is 29.3 Å². The number of anilines is 1. The first kappa shape index (κ1) is 26.7. The standard InChI is InChI=1S/C27H29N3O6S/c1-17-22(16-37-27-28-13-2-14-29-27)35-26(36-25(17)19-5-3-18(15-31)4-6-19)20-7-9-21(10-8-20)30-23(32)11-12-24(33)34/h2-10,13-14,17,22,25-26,31H,11-12,15-16H2,1H3,(H,30,32)(H,33,34)/t17-,22+,25+,26+/m0/s1. The van der Waals surface area contributed by atoms with Gasteiger partial charge in [0.15, 0.2) is 11.4 Å². The first-order valence-electron chi connectivity index (χ1n) is 11.9. The summed E-state index contributed by atoms with van der Waals surface area (Å²) in [5, 5.41) is 21.5. The van der Waals surface area contributed by atoms with Gasteiger partial charge in [-0.05, 0) is 29.3 Å². The van der Waals surface area contributed by atoms with Gasteiger partial charge in [-0.1, -0.05) is 55.1 Å². The molecule has 1 saturated heterocycles. The van der Waals surface area contributed by atoms with E-state index >= 15 is 0 Å². The highest BCUT2D eigenvalue weighted by molar-refractivity contribution is 7.99. The van der Waals surface area contributed by atoms with Crippen LogP contribution in [0, 0.1) is 5.92 Å². The van der Waals surface area contributed by atoms with Crippen molar-refractivity contribution in [2.75, 3.05) is 11.1 Å². The first-order valence-corrected chi connectivity index (χ1v) is 12.9. The fourth-order valence-electron chi connectivity index (χ4n) is 3.99. The van der Waals surface area contributed by atoms with Crippen LogP contribution in [0.2, 0.25) is 0 Å². The van der Waals surface area contributed by atoms with Gasteiger partial charge in [-0.25, -0.2) is 9.97 Å². The Bertz CT molecular complexity index is 1180. The predicted octanol–water partition coefficient (Wildman–Crippen LogP) is 4.36. The number of carbonyl (C=O) groups excluding carboxylic acids is 1. The van der Waals surface area contributed by atoms with Crippen LogP contribution in [0.3, 0.4) is 0 Å². The van der Waals surface area contributed by atoms with E-state index in [1.165, 1.54) is 11.8 Å². The highest BCUT2D eigenvalue weighted by atomic mass is 32.2. The Kier molecular flexibility index (Phi) is 9.24. The topological polar surface area (TPSA) is 131 Å². The summed E-state index contributed by atoms with van der Waals surface area (Å²) in [4.78, 5) is 31.2. The lowest BCUT2D eigenvalue weighted by atomic mass is 9.91. The quantitative estimate of drug-likeness (QED) is 0.262. The van der Waals surface area contributed by atoms with Crippen LogP contribution in [0.4, 0.5) is 5.69 Å². The molecule has 1 amide bonds. The van der Waals surface area contributed by atoms with Crippen LogP contribution in [0.1, 0.15) is 48.8 Å². The highest BCUT2D eigenvalue weighted by Crippen LogP contribution is 2.42. The highest BCUT2D eigenvalue weighted by Gasteiger charge is 2.38. The minimum atomic E-state index is -1.02. The van der Waals surface area contributed by atoms with Gasteiger partial charge in [0.2, 0.25) is 5.91 Å². The van der Waals surface area contributed by atoms with Crippen molar-refractivity contribution in [2.24, 2.45) is 5.92 Å². The summed E-state index contributed by atoms with van der Waals surface area (Å²) < 4.78 is 12.8. The molecule has 1 aliphatic rings. The molecule has 9 nitrogen and oxygen atoms in total. The molecule has 0 aliphatic carbocycles.